The first-order chi connectivity index (χ1) is 9.19. The van der Waals surface area contributed by atoms with E-state index in [0.29, 0.717) is 6.04 Å². The summed E-state index contributed by atoms with van der Waals surface area (Å²) < 4.78 is 12.9. The van der Waals surface area contributed by atoms with Crippen LogP contribution < -0.4 is 5.32 Å². The Labute approximate surface area is 118 Å². The first-order valence-corrected chi connectivity index (χ1v) is 7.55. The maximum atomic E-state index is 12.9. The Morgan fingerprint density at radius 1 is 1.16 bits per heavy atom. The molecule has 0 saturated heterocycles. The van der Waals surface area contributed by atoms with E-state index in [1.54, 1.807) is 0 Å². The van der Waals surface area contributed by atoms with Gasteiger partial charge in [0.25, 0.3) is 0 Å². The van der Waals surface area contributed by atoms with Gasteiger partial charge < -0.3 is 5.32 Å². The number of benzene rings is 1. The lowest BCUT2D eigenvalue weighted by Crippen LogP contribution is -2.23. The number of nitrogens with one attached hydrogen (secondary N) is 1. The molecule has 2 rings (SSSR count). The second-order valence-corrected chi connectivity index (χ2v) is 6.11. The number of thiophene rings is 1. The van der Waals surface area contributed by atoms with Gasteiger partial charge in [-0.25, -0.2) is 4.39 Å². The highest BCUT2D eigenvalue weighted by atomic mass is 32.1. The lowest BCUT2D eigenvalue weighted by Gasteiger charge is -2.17. The second kappa shape index (κ2) is 6.83. The van der Waals surface area contributed by atoms with E-state index < -0.39 is 0 Å². The maximum absolute atomic E-state index is 12.9. The average molecular weight is 277 g/mol. The molecule has 2 aromatic rings. The molecule has 1 heterocycles. The predicted molar refractivity (Wildman–Crippen MR) is 80.2 cm³/mol. The summed E-state index contributed by atoms with van der Waals surface area (Å²) in [5.41, 5.74) is 1.17. The van der Waals surface area contributed by atoms with Gasteiger partial charge >= 0.3 is 0 Å². The van der Waals surface area contributed by atoms with Gasteiger partial charge in [0.2, 0.25) is 0 Å². The molecule has 3 heteroatoms. The molecule has 0 aliphatic heterocycles. The number of rotatable bonds is 6. The van der Waals surface area contributed by atoms with Crippen molar-refractivity contribution in [1.29, 1.82) is 0 Å². The molecule has 102 valence electrons. The largest absolute Gasteiger partial charge is 0.309 e. The van der Waals surface area contributed by atoms with Gasteiger partial charge in [-0.3, -0.25) is 0 Å². The molecule has 0 spiro atoms. The normalized spacial score (nSPS) is 12.6. The van der Waals surface area contributed by atoms with Crippen LogP contribution in [0.5, 0.6) is 0 Å². The van der Waals surface area contributed by atoms with Gasteiger partial charge in [-0.1, -0.05) is 19.1 Å². The van der Waals surface area contributed by atoms with Crippen LogP contribution in [0.4, 0.5) is 4.39 Å². The van der Waals surface area contributed by atoms with Gasteiger partial charge in [0.05, 0.1) is 0 Å². The highest BCUT2D eigenvalue weighted by Gasteiger charge is 2.13. The zero-order valence-corrected chi connectivity index (χ0v) is 12.3. The molecule has 0 radical (unpaired) electrons. The minimum atomic E-state index is -0.172. The van der Waals surface area contributed by atoms with E-state index in [-0.39, 0.29) is 5.82 Å². The minimum absolute atomic E-state index is 0.172. The highest BCUT2D eigenvalue weighted by Crippen LogP contribution is 2.25. The molecule has 1 aromatic carbocycles. The summed E-state index contributed by atoms with van der Waals surface area (Å²) in [5.74, 6) is -0.172. The van der Waals surface area contributed by atoms with Crippen LogP contribution >= 0.6 is 11.3 Å². The molecule has 0 aliphatic rings. The summed E-state index contributed by atoms with van der Waals surface area (Å²) in [7, 11) is 0. The van der Waals surface area contributed by atoms with Gasteiger partial charge in [-0.2, -0.15) is 0 Å². The van der Waals surface area contributed by atoms with Crippen LogP contribution in [0.1, 0.15) is 34.7 Å². The van der Waals surface area contributed by atoms with Gasteiger partial charge in [-0.05, 0) is 56.1 Å². The molecule has 1 atom stereocenters. The van der Waals surface area contributed by atoms with E-state index in [4.69, 9.17) is 0 Å². The van der Waals surface area contributed by atoms with Crippen LogP contribution in [0.25, 0.3) is 0 Å². The molecule has 0 saturated carbocycles. The number of aryl methyl sites for hydroxylation is 1. The van der Waals surface area contributed by atoms with Crippen molar-refractivity contribution >= 4 is 11.3 Å². The molecule has 0 aliphatic carbocycles. The standard InChI is InChI=1S/C16H20FNS/c1-3-10-18-15(16-9-4-12(2)19-16)11-13-5-7-14(17)8-6-13/h4-9,15,18H,3,10-11H2,1-2H3. The predicted octanol–water partition coefficient (Wildman–Crippen LogP) is 4.48. The number of hydrogen-bond donors (Lipinski definition) is 1. The van der Waals surface area contributed by atoms with Crippen molar-refractivity contribution in [2.24, 2.45) is 0 Å². The first-order valence-electron chi connectivity index (χ1n) is 6.73. The molecule has 1 N–H and O–H groups in total. The van der Waals surface area contributed by atoms with Crippen LogP contribution in [0.3, 0.4) is 0 Å². The summed E-state index contributed by atoms with van der Waals surface area (Å²) in [6.07, 6.45) is 2.02. The zero-order chi connectivity index (χ0) is 13.7. The van der Waals surface area contributed by atoms with Crippen molar-refractivity contribution in [3.05, 3.63) is 57.5 Å². The molecule has 19 heavy (non-hydrogen) atoms. The third kappa shape index (κ3) is 4.15. The number of hydrogen-bond acceptors (Lipinski definition) is 2. The quantitative estimate of drug-likeness (QED) is 0.821. The Morgan fingerprint density at radius 2 is 1.89 bits per heavy atom. The molecule has 0 amide bonds. The molecule has 1 aromatic heterocycles. The van der Waals surface area contributed by atoms with Crippen molar-refractivity contribution in [3.8, 4) is 0 Å². The average Bonchev–Trinajstić information content (AvgIpc) is 2.83. The van der Waals surface area contributed by atoms with Gasteiger partial charge in [-0.15, -0.1) is 11.3 Å². The molecular formula is C16H20FNS. The Hall–Kier alpha value is -1.19. The van der Waals surface area contributed by atoms with E-state index in [1.165, 1.54) is 27.5 Å². The fourth-order valence-electron chi connectivity index (χ4n) is 2.09. The van der Waals surface area contributed by atoms with Gasteiger partial charge in [0.15, 0.2) is 0 Å². The van der Waals surface area contributed by atoms with E-state index in [2.05, 4.69) is 31.3 Å². The van der Waals surface area contributed by atoms with E-state index >= 15 is 0 Å². The van der Waals surface area contributed by atoms with Crippen molar-refractivity contribution in [1.82, 2.24) is 5.32 Å². The van der Waals surface area contributed by atoms with Crippen LogP contribution in [0.2, 0.25) is 0 Å². The van der Waals surface area contributed by atoms with Crippen molar-refractivity contribution < 1.29 is 4.39 Å². The smallest absolute Gasteiger partial charge is 0.123 e. The molecular weight excluding hydrogens is 257 g/mol. The van der Waals surface area contributed by atoms with Crippen molar-refractivity contribution in [2.45, 2.75) is 32.7 Å². The van der Waals surface area contributed by atoms with Crippen LogP contribution in [-0.2, 0) is 6.42 Å². The van der Waals surface area contributed by atoms with Crippen molar-refractivity contribution in [2.75, 3.05) is 6.54 Å². The zero-order valence-electron chi connectivity index (χ0n) is 11.4. The first kappa shape index (κ1) is 14.2. The summed E-state index contributed by atoms with van der Waals surface area (Å²) in [5, 5.41) is 3.58. The summed E-state index contributed by atoms with van der Waals surface area (Å²) in [4.78, 5) is 2.69. The third-order valence-electron chi connectivity index (χ3n) is 3.10. The lowest BCUT2D eigenvalue weighted by molar-refractivity contribution is 0.536. The topological polar surface area (TPSA) is 12.0 Å². The van der Waals surface area contributed by atoms with Gasteiger partial charge in [0.1, 0.15) is 5.82 Å². The summed E-state index contributed by atoms with van der Waals surface area (Å²) >= 11 is 1.83. The highest BCUT2D eigenvalue weighted by molar-refractivity contribution is 7.12. The van der Waals surface area contributed by atoms with Gasteiger partial charge in [0, 0.05) is 15.8 Å². The second-order valence-electron chi connectivity index (χ2n) is 4.79. The minimum Gasteiger partial charge on any atom is -0.309 e. The Bertz CT molecular complexity index is 504. The summed E-state index contributed by atoms with van der Waals surface area (Å²) in [6.45, 7) is 5.30. The summed E-state index contributed by atoms with van der Waals surface area (Å²) in [6, 6.07) is 11.5. The molecule has 1 nitrogen and oxygen atoms in total. The number of halogens is 1. The van der Waals surface area contributed by atoms with Crippen LogP contribution in [0, 0.1) is 12.7 Å². The van der Waals surface area contributed by atoms with E-state index in [9.17, 15) is 4.39 Å². The van der Waals surface area contributed by atoms with Crippen LogP contribution in [-0.4, -0.2) is 6.54 Å². The monoisotopic (exact) mass is 277 g/mol. The molecule has 0 bridgehead atoms. The fourth-order valence-corrected chi connectivity index (χ4v) is 3.04. The SMILES string of the molecule is CCCNC(Cc1ccc(F)cc1)c1ccc(C)s1. The van der Waals surface area contributed by atoms with E-state index in [1.807, 2.05) is 23.5 Å². The maximum Gasteiger partial charge on any atom is 0.123 e. The molecule has 1 unspecified atom stereocenters. The Balaban J connectivity index is 2.11. The fraction of sp³-hybridized carbons (Fsp3) is 0.375. The Kier molecular flexibility index (Phi) is 5.11. The van der Waals surface area contributed by atoms with Crippen molar-refractivity contribution in [3.63, 3.8) is 0 Å². The molecule has 0 fully saturated rings. The lowest BCUT2D eigenvalue weighted by atomic mass is 10.0. The Morgan fingerprint density at radius 3 is 2.47 bits per heavy atom. The van der Waals surface area contributed by atoms with E-state index in [0.717, 1.165) is 19.4 Å². The van der Waals surface area contributed by atoms with Crippen LogP contribution in [0.15, 0.2) is 36.4 Å². The third-order valence-corrected chi connectivity index (χ3v) is 4.21.